The van der Waals surface area contributed by atoms with E-state index in [2.05, 4.69) is 10.2 Å². The summed E-state index contributed by atoms with van der Waals surface area (Å²) in [4.78, 5) is 14.0. The predicted molar refractivity (Wildman–Crippen MR) is 93.4 cm³/mol. The van der Waals surface area contributed by atoms with Gasteiger partial charge in [0.05, 0.1) is 34.6 Å². The predicted octanol–water partition coefficient (Wildman–Crippen LogP) is 2.48. The average molecular weight is 401 g/mol. The number of nitrogens with zero attached hydrogens (tertiary/aromatic N) is 3. The van der Waals surface area contributed by atoms with Crippen molar-refractivity contribution < 1.29 is 18.0 Å². The van der Waals surface area contributed by atoms with Crippen LogP contribution >= 0.6 is 11.6 Å². The van der Waals surface area contributed by atoms with Gasteiger partial charge in [0, 0.05) is 24.7 Å². The lowest BCUT2D eigenvalue weighted by molar-refractivity contribution is -0.137. The molecule has 27 heavy (non-hydrogen) atoms. The largest absolute Gasteiger partial charge is 0.417 e. The molecule has 144 valence electrons. The van der Waals surface area contributed by atoms with E-state index in [1.807, 2.05) is 0 Å². The smallest absolute Gasteiger partial charge is 0.399 e. The number of hydrazine groups is 1. The highest BCUT2D eigenvalue weighted by Crippen LogP contribution is 2.36. The van der Waals surface area contributed by atoms with Crippen molar-refractivity contribution >= 4 is 23.3 Å². The summed E-state index contributed by atoms with van der Waals surface area (Å²) in [6, 6.07) is 4.89. The number of rotatable bonds is 3. The first-order valence-electron chi connectivity index (χ1n) is 7.87. The van der Waals surface area contributed by atoms with E-state index in [9.17, 15) is 18.0 Å². The molecule has 0 atom stereocenters. The lowest BCUT2D eigenvalue weighted by Gasteiger charge is -2.32. The highest BCUT2D eigenvalue weighted by Gasteiger charge is 2.35. The summed E-state index contributed by atoms with van der Waals surface area (Å²) in [5, 5.41) is 7.21. The minimum atomic E-state index is -4.65. The number of alkyl halides is 3. The number of nitrogens with two attached hydrogens (primary N) is 2. The fourth-order valence-corrected chi connectivity index (χ4v) is 3.15. The molecular weight excluding hydrogens is 385 g/mol. The maximum Gasteiger partial charge on any atom is 0.417 e. The fourth-order valence-electron chi connectivity index (χ4n) is 2.84. The molecule has 0 bridgehead atoms. The standard InChI is InChI=1S/C16H16ClF3N6O/c17-14-9(2-1-3-10(14)16(18,19)20)15(27)25-7-5-12(11(21)8-25)26(22)13-4-6-23-24-13/h1-4,6H,5,7-8,21-22H2,(H,23,24). The SMILES string of the molecule is NC1=C(N(N)c2ccn[nH]2)CCN(C(=O)c2cccc(C(F)(F)F)c2Cl)C1. The number of H-pyrrole nitrogens is 1. The maximum atomic E-state index is 13.0. The third-order valence-electron chi connectivity index (χ3n) is 4.21. The van der Waals surface area contributed by atoms with E-state index in [0.717, 1.165) is 12.1 Å². The molecule has 0 fully saturated rings. The number of carbonyl (C=O) groups is 1. The van der Waals surface area contributed by atoms with E-state index in [4.69, 9.17) is 23.2 Å². The van der Waals surface area contributed by atoms with Crippen LogP contribution in [0, 0.1) is 0 Å². The summed E-state index contributed by atoms with van der Waals surface area (Å²) in [5.74, 6) is 5.90. The summed E-state index contributed by atoms with van der Waals surface area (Å²) < 4.78 is 39.0. The summed E-state index contributed by atoms with van der Waals surface area (Å²) in [7, 11) is 0. The Morgan fingerprint density at radius 1 is 1.33 bits per heavy atom. The van der Waals surface area contributed by atoms with Gasteiger partial charge in [0.15, 0.2) is 0 Å². The Kier molecular flexibility index (Phi) is 5.03. The topological polar surface area (TPSA) is 104 Å². The highest BCUT2D eigenvalue weighted by molar-refractivity contribution is 6.34. The summed E-state index contributed by atoms with van der Waals surface area (Å²) in [5.41, 5.74) is 5.70. The van der Waals surface area contributed by atoms with Gasteiger partial charge in [-0.15, -0.1) is 0 Å². The second-order valence-corrected chi connectivity index (χ2v) is 6.30. The summed E-state index contributed by atoms with van der Waals surface area (Å²) in [6.45, 7) is 0.242. The van der Waals surface area contributed by atoms with Crippen LogP contribution in [0.15, 0.2) is 41.9 Å². The lowest BCUT2D eigenvalue weighted by atomic mass is 10.1. The van der Waals surface area contributed by atoms with E-state index >= 15 is 0 Å². The van der Waals surface area contributed by atoms with E-state index in [1.54, 1.807) is 6.07 Å². The molecule has 5 N–H and O–H groups in total. The van der Waals surface area contributed by atoms with Crippen molar-refractivity contribution in [3.8, 4) is 0 Å². The second kappa shape index (κ2) is 7.12. The number of aromatic nitrogens is 2. The molecule has 1 aromatic carbocycles. The minimum Gasteiger partial charge on any atom is -0.399 e. The van der Waals surface area contributed by atoms with Gasteiger partial charge in [-0.1, -0.05) is 17.7 Å². The van der Waals surface area contributed by atoms with Crippen LogP contribution in [-0.2, 0) is 6.18 Å². The Hall–Kier alpha value is -2.72. The number of benzene rings is 1. The van der Waals surface area contributed by atoms with Gasteiger partial charge in [-0.05, 0) is 12.1 Å². The van der Waals surface area contributed by atoms with Crippen LogP contribution in [-0.4, -0.2) is 34.1 Å². The number of amides is 1. The molecule has 2 aromatic rings. The Bertz CT molecular complexity index is 881. The average Bonchev–Trinajstić information content (AvgIpc) is 3.14. The van der Waals surface area contributed by atoms with Crippen LogP contribution in [0.5, 0.6) is 0 Å². The quantitative estimate of drug-likeness (QED) is 0.542. The third-order valence-corrected chi connectivity index (χ3v) is 4.62. The zero-order chi connectivity index (χ0) is 19.8. The van der Waals surface area contributed by atoms with Gasteiger partial charge in [-0.2, -0.15) is 18.3 Å². The van der Waals surface area contributed by atoms with E-state index < -0.39 is 22.7 Å². The van der Waals surface area contributed by atoms with Crippen molar-refractivity contribution in [2.24, 2.45) is 11.6 Å². The summed E-state index contributed by atoms with van der Waals surface area (Å²) >= 11 is 5.84. The molecule has 2 heterocycles. The van der Waals surface area contributed by atoms with Crippen molar-refractivity contribution in [1.82, 2.24) is 15.1 Å². The molecular formula is C16H16ClF3N6O. The van der Waals surface area contributed by atoms with Crippen molar-refractivity contribution in [3.05, 3.63) is 58.0 Å². The Morgan fingerprint density at radius 3 is 2.67 bits per heavy atom. The molecule has 1 aliphatic heterocycles. The summed E-state index contributed by atoms with van der Waals surface area (Å²) in [6.07, 6.45) is -2.80. The van der Waals surface area contributed by atoms with Crippen LogP contribution in [0.4, 0.5) is 19.0 Å². The van der Waals surface area contributed by atoms with Gasteiger partial charge < -0.3 is 10.6 Å². The van der Waals surface area contributed by atoms with Crippen LogP contribution in [0.3, 0.4) is 0 Å². The van der Waals surface area contributed by atoms with Gasteiger partial charge in [-0.25, -0.2) is 5.84 Å². The normalized spacial score (nSPS) is 15.2. The monoisotopic (exact) mass is 400 g/mol. The molecule has 0 saturated heterocycles. The number of halogens is 4. The van der Waals surface area contributed by atoms with Gasteiger partial charge in [0.2, 0.25) is 0 Å². The molecule has 0 saturated carbocycles. The molecule has 0 radical (unpaired) electrons. The number of nitrogens with one attached hydrogen (secondary N) is 1. The molecule has 11 heteroatoms. The molecule has 1 amide bonds. The number of hydrogen-bond donors (Lipinski definition) is 3. The molecule has 0 spiro atoms. The van der Waals surface area contributed by atoms with Gasteiger partial charge in [-0.3, -0.25) is 14.9 Å². The van der Waals surface area contributed by atoms with Crippen molar-refractivity contribution in [3.63, 3.8) is 0 Å². The molecule has 0 unspecified atom stereocenters. The van der Waals surface area contributed by atoms with E-state index in [-0.39, 0.29) is 18.7 Å². The third kappa shape index (κ3) is 3.71. The van der Waals surface area contributed by atoms with Crippen LogP contribution in [0.2, 0.25) is 5.02 Å². The fraction of sp³-hybridized carbons (Fsp3) is 0.250. The van der Waals surface area contributed by atoms with Crippen molar-refractivity contribution in [1.29, 1.82) is 0 Å². The van der Waals surface area contributed by atoms with Crippen molar-refractivity contribution in [2.45, 2.75) is 12.6 Å². The Labute approximate surface area is 157 Å². The number of hydrogen-bond acceptors (Lipinski definition) is 5. The molecule has 1 aromatic heterocycles. The lowest BCUT2D eigenvalue weighted by Crippen LogP contribution is -2.44. The number of aromatic amines is 1. The van der Waals surface area contributed by atoms with Crippen molar-refractivity contribution in [2.75, 3.05) is 18.1 Å². The zero-order valence-corrected chi connectivity index (χ0v) is 14.7. The van der Waals surface area contributed by atoms with Gasteiger partial charge >= 0.3 is 6.18 Å². The van der Waals surface area contributed by atoms with Gasteiger partial charge in [0.1, 0.15) is 5.82 Å². The second-order valence-electron chi connectivity index (χ2n) is 5.93. The van der Waals surface area contributed by atoms with Crippen LogP contribution in [0.25, 0.3) is 0 Å². The Morgan fingerprint density at radius 2 is 2.07 bits per heavy atom. The number of carbonyl (C=O) groups excluding carboxylic acids is 1. The van der Waals surface area contributed by atoms with E-state index in [1.165, 1.54) is 22.2 Å². The van der Waals surface area contributed by atoms with Gasteiger partial charge in [0.25, 0.3) is 5.91 Å². The molecule has 0 aliphatic carbocycles. The molecule has 1 aliphatic rings. The first-order chi connectivity index (χ1) is 12.7. The molecule has 3 rings (SSSR count). The van der Waals surface area contributed by atoms with Crippen LogP contribution < -0.4 is 16.6 Å². The zero-order valence-electron chi connectivity index (χ0n) is 13.9. The first-order valence-corrected chi connectivity index (χ1v) is 8.24. The minimum absolute atomic E-state index is 0.0164. The van der Waals surface area contributed by atoms with E-state index in [0.29, 0.717) is 23.6 Å². The first kappa shape index (κ1) is 19.1. The maximum absolute atomic E-state index is 13.0. The molecule has 7 nitrogen and oxygen atoms in total. The highest BCUT2D eigenvalue weighted by atomic mass is 35.5. The van der Waals surface area contributed by atoms with Crippen LogP contribution in [0.1, 0.15) is 22.3 Å². The Balaban J connectivity index is 1.83. The number of anilines is 1.